The molecule has 0 aromatic carbocycles. The molecule has 146 valence electrons. The van der Waals surface area contributed by atoms with E-state index in [1.165, 1.54) is 0 Å². The summed E-state index contributed by atoms with van der Waals surface area (Å²) in [5.41, 5.74) is 3.09. The van der Waals surface area contributed by atoms with E-state index in [2.05, 4.69) is 9.97 Å². The fraction of sp³-hybridized carbons (Fsp3) is 0.600. The Balaban J connectivity index is 1.52. The Hall–Kier alpha value is -1.90. The number of nitrogens with zero attached hydrogens (tertiary/aromatic N) is 3. The van der Waals surface area contributed by atoms with Crippen molar-refractivity contribution in [3.8, 4) is 0 Å². The van der Waals surface area contributed by atoms with Gasteiger partial charge >= 0.3 is 7.05 Å². The SMILES string of the molecule is OCCN1N=C(C2C3CC4CC2CC(O)(C4)C3)c2c(cnc3[nH]ccc23)B1O. The number of hydrazone groups is 1. The molecule has 3 heterocycles. The van der Waals surface area contributed by atoms with Gasteiger partial charge in [-0.05, 0) is 55.9 Å². The summed E-state index contributed by atoms with van der Waals surface area (Å²) < 4.78 is 0. The maximum atomic E-state index is 11.0. The normalized spacial score (nSPS) is 36.2. The van der Waals surface area contributed by atoms with Gasteiger partial charge in [-0.3, -0.25) is 0 Å². The van der Waals surface area contributed by atoms with Crippen molar-refractivity contribution in [2.24, 2.45) is 28.8 Å². The standard InChI is InChI=1S/C20H25BN4O3/c26-4-3-25-21(28)15-10-23-19-14(1-2-22-19)17(15)18(24-25)16-12-5-11-6-13(16)9-20(27,7-11)8-12/h1-2,10-13,16,26-28H,3-9H2,(H,22,23). The number of hydrogen-bond donors (Lipinski definition) is 4. The molecule has 2 aromatic heterocycles. The fourth-order valence-electron chi connectivity index (χ4n) is 6.84. The molecule has 4 saturated carbocycles. The Morgan fingerprint density at radius 2 is 2.04 bits per heavy atom. The van der Waals surface area contributed by atoms with Gasteiger partial charge in [-0.15, -0.1) is 0 Å². The minimum atomic E-state index is -0.904. The van der Waals surface area contributed by atoms with E-state index in [1.807, 2.05) is 12.3 Å². The Morgan fingerprint density at radius 3 is 2.75 bits per heavy atom. The summed E-state index contributed by atoms with van der Waals surface area (Å²) >= 11 is 0. The largest absolute Gasteiger partial charge is 0.468 e. The van der Waals surface area contributed by atoms with Crippen molar-refractivity contribution in [1.82, 2.24) is 14.9 Å². The molecule has 0 saturated heterocycles. The van der Waals surface area contributed by atoms with Crippen LogP contribution < -0.4 is 5.46 Å². The molecular weight excluding hydrogens is 355 g/mol. The first-order chi connectivity index (χ1) is 13.6. The number of fused-ring (bicyclic) bond motifs is 3. The molecule has 4 bridgehead atoms. The molecule has 5 aliphatic rings. The Morgan fingerprint density at radius 1 is 1.25 bits per heavy atom. The van der Waals surface area contributed by atoms with E-state index in [1.54, 1.807) is 11.1 Å². The summed E-state index contributed by atoms with van der Waals surface area (Å²) in [6, 6.07) is 2.01. The van der Waals surface area contributed by atoms with Crippen LogP contribution in [0.3, 0.4) is 0 Å². The average molecular weight is 380 g/mol. The van der Waals surface area contributed by atoms with Crippen LogP contribution in [0.4, 0.5) is 0 Å². The van der Waals surface area contributed by atoms with Crippen LogP contribution in [0.5, 0.6) is 0 Å². The van der Waals surface area contributed by atoms with Crippen molar-refractivity contribution >= 4 is 29.3 Å². The van der Waals surface area contributed by atoms with Gasteiger partial charge in [-0.25, -0.2) is 4.98 Å². The van der Waals surface area contributed by atoms with E-state index < -0.39 is 12.7 Å². The van der Waals surface area contributed by atoms with Gasteiger partial charge in [0.15, 0.2) is 0 Å². The van der Waals surface area contributed by atoms with E-state index in [0.29, 0.717) is 17.8 Å². The van der Waals surface area contributed by atoms with E-state index in [4.69, 9.17) is 5.10 Å². The number of nitrogens with one attached hydrogen (secondary N) is 1. The Labute approximate surface area is 163 Å². The first kappa shape index (κ1) is 17.0. The average Bonchev–Trinajstić information content (AvgIpc) is 3.12. The third-order valence-corrected chi connectivity index (χ3v) is 7.55. The van der Waals surface area contributed by atoms with E-state index in [0.717, 1.165) is 59.9 Å². The van der Waals surface area contributed by atoms with Crippen molar-refractivity contribution in [3.63, 3.8) is 0 Å². The molecular formula is C20H25BN4O3. The number of aliphatic hydroxyl groups is 2. The van der Waals surface area contributed by atoms with Crippen molar-refractivity contribution < 1.29 is 15.2 Å². The van der Waals surface area contributed by atoms with Crippen LogP contribution in [-0.2, 0) is 0 Å². The van der Waals surface area contributed by atoms with Gasteiger partial charge < -0.3 is 25.1 Å². The fourth-order valence-corrected chi connectivity index (χ4v) is 6.84. The van der Waals surface area contributed by atoms with Crippen LogP contribution in [0.2, 0.25) is 0 Å². The van der Waals surface area contributed by atoms with Gasteiger partial charge in [0.2, 0.25) is 0 Å². The minimum Gasteiger partial charge on any atom is -0.428 e. The van der Waals surface area contributed by atoms with Crippen LogP contribution in [0.1, 0.15) is 37.7 Å². The number of H-pyrrole nitrogens is 1. The number of hydrogen-bond acceptors (Lipinski definition) is 6. The molecule has 8 heteroatoms. The lowest BCUT2D eigenvalue weighted by molar-refractivity contribution is -0.138. The maximum Gasteiger partial charge on any atom is 0.468 e. The van der Waals surface area contributed by atoms with Crippen molar-refractivity contribution in [1.29, 1.82) is 0 Å². The van der Waals surface area contributed by atoms with Crippen LogP contribution >= 0.6 is 0 Å². The molecule has 0 amide bonds. The third-order valence-electron chi connectivity index (χ3n) is 7.55. The summed E-state index contributed by atoms with van der Waals surface area (Å²) in [6.45, 7) is 0.215. The molecule has 7 nitrogen and oxygen atoms in total. The molecule has 4 aliphatic carbocycles. The Bertz CT molecular complexity index is 960. The first-order valence-corrected chi connectivity index (χ1v) is 10.4. The number of aromatic nitrogens is 2. The van der Waals surface area contributed by atoms with Gasteiger partial charge in [0.1, 0.15) is 5.65 Å². The number of aromatic amines is 1. The van der Waals surface area contributed by atoms with Crippen LogP contribution in [0.15, 0.2) is 23.6 Å². The topological polar surface area (TPSA) is 105 Å². The number of rotatable bonds is 3. The van der Waals surface area contributed by atoms with E-state index in [-0.39, 0.29) is 19.1 Å². The zero-order chi connectivity index (χ0) is 19.0. The second-order valence-electron chi connectivity index (χ2n) is 9.29. The van der Waals surface area contributed by atoms with Crippen molar-refractivity contribution in [2.45, 2.75) is 37.7 Å². The number of aliphatic hydroxyl groups excluding tert-OH is 1. The summed E-state index contributed by atoms with van der Waals surface area (Å²) in [4.78, 5) is 9.25. The third kappa shape index (κ3) is 2.28. The van der Waals surface area contributed by atoms with Gasteiger partial charge in [-0.2, -0.15) is 5.10 Å². The summed E-state index contributed by atoms with van der Waals surface area (Å²) in [5.74, 6) is 1.77. The van der Waals surface area contributed by atoms with Crippen molar-refractivity contribution in [3.05, 3.63) is 24.0 Å². The highest BCUT2D eigenvalue weighted by molar-refractivity contribution is 6.66. The predicted molar refractivity (Wildman–Crippen MR) is 106 cm³/mol. The number of β-amino-alcohol motifs (C(OH)–C–C–N with tert-alkyl or cyclic N) is 1. The lowest BCUT2D eigenvalue weighted by Crippen LogP contribution is -2.59. The van der Waals surface area contributed by atoms with Gasteiger partial charge in [-0.1, -0.05) is 0 Å². The molecule has 2 unspecified atom stereocenters. The lowest BCUT2D eigenvalue weighted by atomic mass is 9.48. The molecule has 1 aliphatic heterocycles. The summed E-state index contributed by atoms with van der Waals surface area (Å²) in [6.07, 6.45) is 8.58. The zero-order valence-electron chi connectivity index (χ0n) is 15.8. The molecule has 7 rings (SSSR count). The first-order valence-electron chi connectivity index (χ1n) is 10.4. The van der Waals surface area contributed by atoms with Crippen LogP contribution in [0.25, 0.3) is 11.0 Å². The monoisotopic (exact) mass is 380 g/mol. The van der Waals surface area contributed by atoms with E-state index >= 15 is 0 Å². The Kier molecular flexibility index (Phi) is 3.53. The van der Waals surface area contributed by atoms with Gasteiger partial charge in [0.25, 0.3) is 0 Å². The minimum absolute atomic E-state index is 0.0671. The lowest BCUT2D eigenvalue weighted by Gasteiger charge is -2.58. The molecule has 0 spiro atoms. The second-order valence-corrected chi connectivity index (χ2v) is 9.29. The predicted octanol–water partition coefficient (Wildman–Crippen LogP) is 0.450. The highest BCUT2D eigenvalue weighted by Crippen LogP contribution is 2.59. The quantitative estimate of drug-likeness (QED) is 0.579. The molecule has 2 atom stereocenters. The molecule has 28 heavy (non-hydrogen) atoms. The zero-order valence-corrected chi connectivity index (χ0v) is 15.8. The maximum absolute atomic E-state index is 11.0. The second kappa shape index (κ2) is 5.81. The van der Waals surface area contributed by atoms with Gasteiger partial charge in [0.05, 0.1) is 17.9 Å². The van der Waals surface area contributed by atoms with Crippen LogP contribution in [-0.4, -0.2) is 61.6 Å². The van der Waals surface area contributed by atoms with Crippen molar-refractivity contribution in [2.75, 3.05) is 13.2 Å². The summed E-state index contributed by atoms with van der Waals surface area (Å²) in [7, 11) is -0.904. The molecule has 4 fully saturated rings. The van der Waals surface area contributed by atoms with Crippen LogP contribution in [0, 0.1) is 23.7 Å². The highest BCUT2D eigenvalue weighted by Gasteiger charge is 2.57. The molecule has 4 N–H and O–H groups in total. The smallest absolute Gasteiger partial charge is 0.428 e. The summed E-state index contributed by atoms with van der Waals surface area (Å²) in [5, 5.41) is 37.2. The number of pyridine rings is 1. The van der Waals surface area contributed by atoms with E-state index in [9.17, 15) is 15.2 Å². The highest BCUT2D eigenvalue weighted by atomic mass is 16.3. The molecule has 0 radical (unpaired) electrons. The molecule has 2 aromatic rings. The van der Waals surface area contributed by atoms with Gasteiger partial charge in [0, 0.05) is 41.3 Å².